The molecule has 1 saturated carbocycles. The Labute approximate surface area is 157 Å². The quantitative estimate of drug-likeness (QED) is 0.722. The van der Waals surface area contributed by atoms with Gasteiger partial charge in [0.2, 0.25) is 10.0 Å². The summed E-state index contributed by atoms with van der Waals surface area (Å²) in [5, 5.41) is 0. The Morgan fingerprint density at radius 3 is 2.62 bits per heavy atom. The van der Waals surface area contributed by atoms with Gasteiger partial charge in [-0.25, -0.2) is 8.42 Å². The molecule has 1 aromatic carbocycles. The molecular formula is C20H31NO4S. The molecule has 1 aliphatic carbocycles. The molecule has 0 amide bonds. The average molecular weight is 382 g/mol. The average Bonchev–Trinajstić information content (AvgIpc) is 3.13. The molecule has 1 aromatic rings. The number of ether oxygens (including phenoxy) is 2. The summed E-state index contributed by atoms with van der Waals surface area (Å²) in [6.45, 7) is 6.26. The van der Waals surface area contributed by atoms with Crippen LogP contribution in [0.4, 0.5) is 0 Å². The lowest BCUT2D eigenvalue weighted by Gasteiger charge is -2.32. The second-order valence-corrected chi connectivity index (χ2v) is 9.39. The number of hydrogen-bond acceptors (Lipinski definition) is 4. The van der Waals surface area contributed by atoms with Gasteiger partial charge >= 0.3 is 0 Å². The lowest BCUT2D eigenvalue weighted by molar-refractivity contribution is 0.0864. The molecule has 6 heteroatoms. The van der Waals surface area contributed by atoms with Gasteiger partial charge < -0.3 is 9.47 Å². The van der Waals surface area contributed by atoms with Crippen molar-refractivity contribution in [3.8, 4) is 5.75 Å². The Bertz CT molecular complexity index is 698. The van der Waals surface area contributed by atoms with Crippen LogP contribution in [0.15, 0.2) is 23.1 Å². The lowest BCUT2D eigenvalue weighted by Crippen LogP contribution is -2.41. The van der Waals surface area contributed by atoms with E-state index in [9.17, 15) is 8.42 Å². The van der Waals surface area contributed by atoms with E-state index in [1.807, 2.05) is 19.9 Å². The third-order valence-electron chi connectivity index (χ3n) is 5.41. The lowest BCUT2D eigenvalue weighted by atomic mass is 10.0. The van der Waals surface area contributed by atoms with Crippen LogP contribution < -0.4 is 4.74 Å². The molecule has 5 nitrogen and oxygen atoms in total. The van der Waals surface area contributed by atoms with Crippen LogP contribution in [0.5, 0.6) is 5.75 Å². The predicted octanol–water partition coefficient (Wildman–Crippen LogP) is 3.75. The van der Waals surface area contributed by atoms with Crippen LogP contribution in [0, 0.1) is 12.8 Å². The molecule has 2 aliphatic rings. The van der Waals surface area contributed by atoms with Crippen LogP contribution >= 0.6 is 0 Å². The van der Waals surface area contributed by atoms with E-state index in [4.69, 9.17) is 9.47 Å². The van der Waals surface area contributed by atoms with E-state index in [1.54, 1.807) is 16.4 Å². The summed E-state index contributed by atoms with van der Waals surface area (Å²) in [4.78, 5) is 0.397. The van der Waals surface area contributed by atoms with Gasteiger partial charge in [-0.15, -0.1) is 0 Å². The number of aryl methyl sites for hydroxylation is 1. The van der Waals surface area contributed by atoms with Gasteiger partial charge in [0.25, 0.3) is 0 Å². The Morgan fingerprint density at radius 1 is 1.15 bits per heavy atom. The maximum Gasteiger partial charge on any atom is 0.243 e. The molecular weight excluding hydrogens is 350 g/mol. The maximum atomic E-state index is 13.1. The zero-order valence-electron chi connectivity index (χ0n) is 15.9. The molecule has 3 rings (SSSR count). The summed E-state index contributed by atoms with van der Waals surface area (Å²) >= 11 is 0. The Kier molecular flexibility index (Phi) is 6.59. The first-order chi connectivity index (χ1) is 12.5. The first-order valence-corrected chi connectivity index (χ1v) is 11.3. The molecule has 1 unspecified atom stereocenters. The highest BCUT2D eigenvalue weighted by Gasteiger charge is 2.31. The van der Waals surface area contributed by atoms with Crippen molar-refractivity contribution < 1.29 is 17.9 Å². The minimum absolute atomic E-state index is 0.276. The number of sulfonamides is 1. The Hall–Kier alpha value is -1.11. The Balaban J connectivity index is 1.71. The number of hydrogen-bond donors (Lipinski definition) is 0. The van der Waals surface area contributed by atoms with E-state index in [0.29, 0.717) is 31.2 Å². The van der Waals surface area contributed by atoms with Crippen molar-refractivity contribution in [3.63, 3.8) is 0 Å². The molecule has 1 aliphatic heterocycles. The zero-order valence-corrected chi connectivity index (χ0v) is 16.8. The third kappa shape index (κ3) is 4.59. The van der Waals surface area contributed by atoms with Gasteiger partial charge in [0, 0.05) is 19.7 Å². The molecule has 0 aromatic heterocycles. The first-order valence-electron chi connectivity index (χ1n) is 9.86. The second-order valence-electron chi connectivity index (χ2n) is 7.48. The Morgan fingerprint density at radius 2 is 1.92 bits per heavy atom. The van der Waals surface area contributed by atoms with Crippen LogP contribution in [0.2, 0.25) is 0 Å². The van der Waals surface area contributed by atoms with Crippen molar-refractivity contribution in [1.82, 2.24) is 4.31 Å². The van der Waals surface area contributed by atoms with Gasteiger partial charge in [0.15, 0.2) is 0 Å². The topological polar surface area (TPSA) is 55.8 Å². The third-order valence-corrected chi connectivity index (χ3v) is 7.43. The molecule has 2 fully saturated rings. The van der Waals surface area contributed by atoms with E-state index in [1.165, 1.54) is 12.8 Å². The molecule has 0 radical (unpaired) electrons. The SMILES string of the molecule is CCOCC1CCCN(S(=O)(=O)c2ccc(OC3CCCC3)cc2C)C1. The van der Waals surface area contributed by atoms with Gasteiger partial charge in [-0.1, -0.05) is 0 Å². The summed E-state index contributed by atoms with van der Waals surface area (Å²) < 4.78 is 39.4. The van der Waals surface area contributed by atoms with Crippen molar-refractivity contribution in [2.75, 3.05) is 26.3 Å². The van der Waals surface area contributed by atoms with Crippen molar-refractivity contribution in [2.24, 2.45) is 5.92 Å². The largest absolute Gasteiger partial charge is 0.490 e. The van der Waals surface area contributed by atoms with Crippen LogP contribution in [-0.4, -0.2) is 45.1 Å². The minimum atomic E-state index is -3.47. The second kappa shape index (κ2) is 8.72. The van der Waals surface area contributed by atoms with E-state index < -0.39 is 10.0 Å². The van der Waals surface area contributed by atoms with Crippen LogP contribution in [-0.2, 0) is 14.8 Å². The molecule has 0 spiro atoms. The van der Waals surface area contributed by atoms with Crippen LogP contribution in [0.25, 0.3) is 0 Å². The highest BCUT2D eigenvalue weighted by molar-refractivity contribution is 7.89. The van der Waals surface area contributed by atoms with Crippen molar-refractivity contribution in [3.05, 3.63) is 23.8 Å². The van der Waals surface area contributed by atoms with Gasteiger partial charge in [-0.2, -0.15) is 4.31 Å². The minimum Gasteiger partial charge on any atom is -0.490 e. The molecule has 1 saturated heterocycles. The monoisotopic (exact) mass is 381 g/mol. The summed E-state index contributed by atoms with van der Waals surface area (Å²) in [6.07, 6.45) is 6.81. The first kappa shape index (κ1) is 19.6. The standard InChI is InChI=1S/C20H31NO4S/c1-3-24-15-17-7-6-12-21(14-17)26(22,23)20-11-10-19(13-16(20)2)25-18-8-4-5-9-18/h10-11,13,17-18H,3-9,12,14-15H2,1-2H3. The smallest absolute Gasteiger partial charge is 0.243 e. The summed E-state index contributed by atoms with van der Waals surface area (Å²) in [7, 11) is -3.47. The number of benzene rings is 1. The van der Waals surface area contributed by atoms with Crippen LogP contribution in [0.3, 0.4) is 0 Å². The maximum absolute atomic E-state index is 13.1. The van der Waals surface area contributed by atoms with E-state index >= 15 is 0 Å². The molecule has 26 heavy (non-hydrogen) atoms. The van der Waals surface area contributed by atoms with Crippen molar-refractivity contribution in [1.29, 1.82) is 0 Å². The normalized spacial score (nSPS) is 22.6. The van der Waals surface area contributed by atoms with Crippen molar-refractivity contribution >= 4 is 10.0 Å². The number of nitrogens with zero attached hydrogens (tertiary/aromatic N) is 1. The zero-order chi connectivity index (χ0) is 18.6. The summed E-state index contributed by atoms with van der Waals surface area (Å²) in [6, 6.07) is 5.38. The molecule has 1 atom stereocenters. The van der Waals surface area contributed by atoms with E-state index in [2.05, 4.69) is 0 Å². The van der Waals surface area contributed by atoms with Crippen molar-refractivity contribution in [2.45, 2.75) is 63.4 Å². The molecule has 0 bridgehead atoms. The molecule has 0 N–H and O–H groups in total. The molecule has 146 valence electrons. The van der Waals surface area contributed by atoms with Gasteiger partial charge in [-0.05, 0) is 82.1 Å². The van der Waals surface area contributed by atoms with Crippen LogP contribution in [0.1, 0.15) is 51.0 Å². The fraction of sp³-hybridized carbons (Fsp3) is 0.700. The highest BCUT2D eigenvalue weighted by atomic mass is 32.2. The van der Waals surface area contributed by atoms with E-state index in [0.717, 1.165) is 37.0 Å². The highest BCUT2D eigenvalue weighted by Crippen LogP contribution is 2.30. The van der Waals surface area contributed by atoms with E-state index in [-0.39, 0.29) is 12.0 Å². The summed E-state index contributed by atoms with van der Waals surface area (Å²) in [5.41, 5.74) is 0.757. The molecule has 1 heterocycles. The summed E-state index contributed by atoms with van der Waals surface area (Å²) in [5.74, 6) is 1.06. The van der Waals surface area contributed by atoms with Gasteiger partial charge in [0.1, 0.15) is 5.75 Å². The van der Waals surface area contributed by atoms with Gasteiger partial charge in [-0.3, -0.25) is 0 Å². The fourth-order valence-corrected chi connectivity index (χ4v) is 5.75. The van der Waals surface area contributed by atoms with Gasteiger partial charge in [0.05, 0.1) is 17.6 Å². The fourth-order valence-electron chi connectivity index (χ4n) is 3.99. The number of piperidine rings is 1. The predicted molar refractivity (Wildman–Crippen MR) is 102 cm³/mol. The number of rotatable bonds is 7.